The van der Waals surface area contributed by atoms with Gasteiger partial charge in [0, 0.05) is 10.9 Å². The second kappa shape index (κ2) is 10.1. The van der Waals surface area contributed by atoms with E-state index in [-0.39, 0.29) is 24.7 Å². The van der Waals surface area contributed by atoms with E-state index >= 15 is 0 Å². The van der Waals surface area contributed by atoms with E-state index in [2.05, 4.69) is 15.6 Å². The molecule has 3 rings (SSSR count). The number of carbonyl (C=O) groups excluding carboxylic acids is 2. The van der Waals surface area contributed by atoms with Gasteiger partial charge < -0.3 is 10.6 Å². The van der Waals surface area contributed by atoms with Crippen LogP contribution in [0, 0.1) is 13.8 Å². The van der Waals surface area contributed by atoms with Crippen LogP contribution in [0.5, 0.6) is 0 Å². The fourth-order valence-corrected chi connectivity index (χ4v) is 3.93. The highest BCUT2D eigenvalue weighted by Gasteiger charge is 2.33. The molecule has 0 aliphatic heterocycles. The van der Waals surface area contributed by atoms with E-state index in [1.807, 2.05) is 37.4 Å². The highest BCUT2D eigenvalue weighted by atomic mass is 32.1. The van der Waals surface area contributed by atoms with Crippen LogP contribution in [0.4, 0.5) is 24.0 Å². The van der Waals surface area contributed by atoms with Gasteiger partial charge in [-0.15, -0.1) is 11.3 Å². The standard InChI is InChI=1S/C23H23F3N4O2S/c1-14-8-9-15(2)16(10-14)19-13-33-22(28-19)29-21(32)12-30(3)11-20(31)27-18-7-5-4-6-17(18)23(24,25)26/h4-10,13H,11-12H2,1-3H3,(H,27,31)(H,28,29,32). The van der Waals surface area contributed by atoms with Gasteiger partial charge in [-0.3, -0.25) is 14.5 Å². The summed E-state index contributed by atoms with van der Waals surface area (Å²) in [7, 11) is 1.53. The summed E-state index contributed by atoms with van der Waals surface area (Å²) < 4.78 is 39.2. The number of hydrogen-bond donors (Lipinski definition) is 2. The molecule has 0 spiro atoms. The lowest BCUT2D eigenvalue weighted by atomic mass is 10.0. The topological polar surface area (TPSA) is 74.3 Å². The van der Waals surface area contributed by atoms with Crippen LogP contribution in [0.2, 0.25) is 0 Å². The van der Waals surface area contributed by atoms with E-state index in [1.54, 1.807) is 0 Å². The van der Waals surface area contributed by atoms with Gasteiger partial charge in [-0.05, 0) is 44.7 Å². The smallest absolute Gasteiger partial charge is 0.324 e. The number of aryl methyl sites for hydroxylation is 2. The van der Waals surface area contributed by atoms with E-state index in [9.17, 15) is 22.8 Å². The molecule has 3 aromatic rings. The number of rotatable bonds is 7. The van der Waals surface area contributed by atoms with Crippen LogP contribution in [0.3, 0.4) is 0 Å². The molecule has 0 aliphatic rings. The molecule has 10 heteroatoms. The minimum Gasteiger partial charge on any atom is -0.324 e. The van der Waals surface area contributed by atoms with Gasteiger partial charge in [0.2, 0.25) is 11.8 Å². The van der Waals surface area contributed by atoms with Crippen LogP contribution in [-0.4, -0.2) is 41.8 Å². The van der Waals surface area contributed by atoms with Crippen molar-refractivity contribution in [3.05, 3.63) is 64.5 Å². The van der Waals surface area contributed by atoms with Gasteiger partial charge in [0.25, 0.3) is 0 Å². The van der Waals surface area contributed by atoms with Crippen LogP contribution in [-0.2, 0) is 15.8 Å². The number of aromatic nitrogens is 1. The molecule has 2 amide bonds. The maximum Gasteiger partial charge on any atom is 0.418 e. The average molecular weight is 477 g/mol. The fraction of sp³-hybridized carbons (Fsp3) is 0.261. The van der Waals surface area contributed by atoms with Crippen LogP contribution in [0.15, 0.2) is 47.8 Å². The number of hydrogen-bond acceptors (Lipinski definition) is 5. The molecule has 2 aromatic carbocycles. The Balaban J connectivity index is 1.55. The molecule has 0 unspecified atom stereocenters. The molecular weight excluding hydrogens is 453 g/mol. The molecule has 6 nitrogen and oxygen atoms in total. The predicted molar refractivity (Wildman–Crippen MR) is 123 cm³/mol. The number of nitrogens with zero attached hydrogens (tertiary/aromatic N) is 2. The van der Waals surface area contributed by atoms with Crippen molar-refractivity contribution in [3.8, 4) is 11.3 Å². The molecule has 2 N–H and O–H groups in total. The van der Waals surface area contributed by atoms with Gasteiger partial charge >= 0.3 is 6.18 Å². The lowest BCUT2D eigenvalue weighted by Gasteiger charge is -2.17. The second-order valence-corrected chi connectivity index (χ2v) is 8.53. The number of amides is 2. The Kier molecular flexibility index (Phi) is 7.50. The maximum atomic E-state index is 13.1. The quantitative estimate of drug-likeness (QED) is 0.506. The zero-order chi connectivity index (χ0) is 24.2. The van der Waals surface area contributed by atoms with Crippen LogP contribution < -0.4 is 10.6 Å². The highest BCUT2D eigenvalue weighted by Crippen LogP contribution is 2.34. The third-order valence-electron chi connectivity index (χ3n) is 4.75. The fourth-order valence-electron chi connectivity index (χ4n) is 3.20. The number of anilines is 2. The van der Waals surface area contributed by atoms with Crippen molar-refractivity contribution >= 4 is 34.0 Å². The van der Waals surface area contributed by atoms with Crippen molar-refractivity contribution in [1.82, 2.24) is 9.88 Å². The highest BCUT2D eigenvalue weighted by molar-refractivity contribution is 7.14. The van der Waals surface area contributed by atoms with Gasteiger partial charge in [-0.25, -0.2) is 4.98 Å². The molecule has 174 valence electrons. The SMILES string of the molecule is Cc1ccc(C)c(-c2csc(NC(=O)CN(C)CC(=O)Nc3ccccc3C(F)(F)F)n2)c1. The van der Waals surface area contributed by atoms with Crippen molar-refractivity contribution < 1.29 is 22.8 Å². The largest absolute Gasteiger partial charge is 0.418 e. The van der Waals surface area contributed by atoms with Crippen molar-refractivity contribution in [1.29, 1.82) is 0 Å². The number of alkyl halides is 3. The summed E-state index contributed by atoms with van der Waals surface area (Å²) in [5, 5.41) is 7.23. The van der Waals surface area contributed by atoms with E-state index < -0.39 is 17.6 Å². The minimum absolute atomic E-state index is 0.132. The van der Waals surface area contributed by atoms with E-state index in [0.717, 1.165) is 28.5 Å². The van der Waals surface area contributed by atoms with Crippen molar-refractivity contribution in [3.63, 3.8) is 0 Å². The third kappa shape index (κ3) is 6.62. The Bertz CT molecular complexity index is 1160. The summed E-state index contributed by atoms with van der Waals surface area (Å²) in [5.74, 6) is -1.05. The molecule has 33 heavy (non-hydrogen) atoms. The second-order valence-electron chi connectivity index (χ2n) is 7.67. The Morgan fingerprint density at radius 1 is 1.03 bits per heavy atom. The Morgan fingerprint density at radius 3 is 2.39 bits per heavy atom. The first-order valence-electron chi connectivity index (χ1n) is 10.0. The van der Waals surface area contributed by atoms with Gasteiger partial charge in [-0.2, -0.15) is 13.2 Å². The number of benzene rings is 2. The number of nitrogens with one attached hydrogen (secondary N) is 2. The normalized spacial score (nSPS) is 11.5. The monoisotopic (exact) mass is 476 g/mol. The van der Waals surface area contributed by atoms with Gasteiger partial charge in [0.05, 0.1) is 30.0 Å². The van der Waals surface area contributed by atoms with Gasteiger partial charge in [-0.1, -0.05) is 29.8 Å². The van der Waals surface area contributed by atoms with Crippen LogP contribution >= 0.6 is 11.3 Å². The molecular formula is C23H23F3N4O2S. The lowest BCUT2D eigenvalue weighted by Crippen LogP contribution is -2.36. The maximum absolute atomic E-state index is 13.1. The zero-order valence-electron chi connectivity index (χ0n) is 18.3. The molecule has 0 radical (unpaired) electrons. The van der Waals surface area contributed by atoms with Crippen molar-refractivity contribution in [2.24, 2.45) is 0 Å². The molecule has 0 bridgehead atoms. The number of halogens is 3. The first-order chi connectivity index (χ1) is 15.5. The molecule has 0 saturated heterocycles. The summed E-state index contributed by atoms with van der Waals surface area (Å²) in [6, 6.07) is 10.8. The van der Waals surface area contributed by atoms with E-state index in [1.165, 1.54) is 41.5 Å². The van der Waals surface area contributed by atoms with Gasteiger partial charge in [0.1, 0.15) is 0 Å². The Morgan fingerprint density at radius 2 is 1.70 bits per heavy atom. The van der Waals surface area contributed by atoms with E-state index in [4.69, 9.17) is 0 Å². The number of likely N-dealkylation sites (N-methyl/N-ethyl adjacent to an activating group) is 1. The molecule has 0 atom stereocenters. The number of thiazole rings is 1. The number of para-hydroxylation sites is 1. The summed E-state index contributed by atoms with van der Waals surface area (Å²) in [6.45, 7) is 3.59. The van der Waals surface area contributed by atoms with Crippen LogP contribution in [0.25, 0.3) is 11.3 Å². The van der Waals surface area contributed by atoms with Crippen LogP contribution in [0.1, 0.15) is 16.7 Å². The Labute approximate surface area is 193 Å². The summed E-state index contributed by atoms with van der Waals surface area (Å²) >= 11 is 1.29. The Hall–Kier alpha value is -3.24. The predicted octanol–water partition coefficient (Wildman–Crippen LogP) is 4.95. The zero-order valence-corrected chi connectivity index (χ0v) is 19.1. The molecule has 0 fully saturated rings. The van der Waals surface area contributed by atoms with Crippen molar-refractivity contribution in [2.75, 3.05) is 30.8 Å². The summed E-state index contributed by atoms with van der Waals surface area (Å²) in [5.41, 5.74) is 2.66. The van der Waals surface area contributed by atoms with E-state index in [0.29, 0.717) is 5.13 Å². The first-order valence-corrected chi connectivity index (χ1v) is 10.9. The average Bonchev–Trinajstić information content (AvgIpc) is 3.17. The summed E-state index contributed by atoms with van der Waals surface area (Å²) in [4.78, 5) is 30.4. The van der Waals surface area contributed by atoms with Crippen molar-refractivity contribution in [2.45, 2.75) is 20.0 Å². The minimum atomic E-state index is -4.58. The lowest BCUT2D eigenvalue weighted by molar-refractivity contribution is -0.137. The number of carbonyl (C=O) groups is 2. The first kappa shape index (κ1) is 24.4. The molecule has 1 heterocycles. The summed E-state index contributed by atoms with van der Waals surface area (Å²) in [6.07, 6.45) is -4.58. The molecule has 0 saturated carbocycles. The molecule has 1 aromatic heterocycles. The third-order valence-corrected chi connectivity index (χ3v) is 5.51. The van der Waals surface area contributed by atoms with Gasteiger partial charge in [0.15, 0.2) is 5.13 Å². The molecule has 0 aliphatic carbocycles.